The largest absolute Gasteiger partial charge is 0.335 e. The third-order valence-electron chi connectivity index (χ3n) is 7.90. The van der Waals surface area contributed by atoms with Crippen molar-refractivity contribution in [3.05, 3.63) is 60.2 Å². The predicted molar refractivity (Wildman–Crippen MR) is 140 cm³/mol. The third kappa shape index (κ3) is 5.30. The number of carbonyl (C=O) groups excluding carboxylic acids is 2. The molecule has 2 heterocycles. The fourth-order valence-electron chi connectivity index (χ4n) is 6.06. The van der Waals surface area contributed by atoms with Crippen LogP contribution >= 0.6 is 0 Å². The van der Waals surface area contributed by atoms with E-state index in [-0.39, 0.29) is 18.4 Å². The van der Waals surface area contributed by atoms with E-state index >= 15 is 0 Å². The number of para-hydroxylation sites is 2. The van der Waals surface area contributed by atoms with Gasteiger partial charge in [-0.3, -0.25) is 14.6 Å². The molecule has 7 heteroatoms. The Kier molecular flexibility index (Phi) is 7.63. The second-order valence-corrected chi connectivity index (χ2v) is 10.4. The average molecular weight is 488 g/mol. The molecular formula is C29H37N5O2. The van der Waals surface area contributed by atoms with Crippen LogP contribution in [-0.2, 0) is 17.9 Å². The summed E-state index contributed by atoms with van der Waals surface area (Å²) in [6.45, 7) is 0.593. The minimum absolute atomic E-state index is 0.0895. The van der Waals surface area contributed by atoms with Crippen LogP contribution in [0.15, 0.2) is 48.8 Å². The summed E-state index contributed by atoms with van der Waals surface area (Å²) in [4.78, 5) is 39.8. The minimum Gasteiger partial charge on any atom is -0.335 e. The van der Waals surface area contributed by atoms with Gasteiger partial charge in [0.1, 0.15) is 12.4 Å². The van der Waals surface area contributed by atoms with Gasteiger partial charge < -0.3 is 14.4 Å². The molecule has 5 rings (SSSR count). The van der Waals surface area contributed by atoms with E-state index in [4.69, 9.17) is 4.98 Å². The molecule has 3 aromatic rings. The molecular weight excluding hydrogens is 450 g/mol. The summed E-state index contributed by atoms with van der Waals surface area (Å²) < 4.78 is 2.03. The highest BCUT2D eigenvalue weighted by Crippen LogP contribution is 2.31. The number of carbonyl (C=O) groups is 2. The standard InChI is InChI=1S/C29H37N5O2/c1-32(29(36)22-16-18-30-19-17-22)20-27-31-25-14-8-9-15-26(25)33(27)21-28(35)34(23-10-4-2-5-11-23)24-12-6-3-7-13-24/h8-9,14-19,23-24H,2-7,10-13,20-21H2,1H3. The SMILES string of the molecule is CN(Cc1nc2ccccc2n1CC(=O)N(C1CCCCC1)C1CCCCC1)C(=O)c1ccncc1. The Balaban J connectivity index is 1.42. The first-order valence-corrected chi connectivity index (χ1v) is 13.5. The zero-order valence-electron chi connectivity index (χ0n) is 21.3. The van der Waals surface area contributed by atoms with E-state index < -0.39 is 0 Å². The molecule has 1 aromatic carbocycles. The van der Waals surface area contributed by atoms with Crippen molar-refractivity contribution in [3.8, 4) is 0 Å². The van der Waals surface area contributed by atoms with Gasteiger partial charge in [0, 0.05) is 37.1 Å². The van der Waals surface area contributed by atoms with Gasteiger partial charge >= 0.3 is 0 Å². The smallest absolute Gasteiger partial charge is 0.254 e. The molecule has 0 spiro atoms. The molecule has 7 nitrogen and oxygen atoms in total. The van der Waals surface area contributed by atoms with Crippen molar-refractivity contribution in [1.29, 1.82) is 0 Å². The molecule has 2 fully saturated rings. The molecule has 0 N–H and O–H groups in total. The maximum absolute atomic E-state index is 14.0. The second-order valence-electron chi connectivity index (χ2n) is 10.4. The molecule has 0 unspecified atom stereocenters. The number of benzene rings is 1. The van der Waals surface area contributed by atoms with Crippen LogP contribution in [0.25, 0.3) is 11.0 Å². The maximum atomic E-state index is 14.0. The van der Waals surface area contributed by atoms with E-state index in [2.05, 4.69) is 9.88 Å². The van der Waals surface area contributed by atoms with Crippen molar-refractivity contribution in [1.82, 2.24) is 24.3 Å². The van der Waals surface area contributed by atoms with Gasteiger partial charge in [0.15, 0.2) is 0 Å². The summed E-state index contributed by atoms with van der Waals surface area (Å²) in [5, 5.41) is 0. The molecule has 2 aliphatic rings. The first-order valence-electron chi connectivity index (χ1n) is 13.5. The first kappa shape index (κ1) is 24.5. The van der Waals surface area contributed by atoms with Gasteiger partial charge in [-0.15, -0.1) is 0 Å². The van der Waals surface area contributed by atoms with E-state index in [1.165, 1.54) is 38.5 Å². The molecule has 2 saturated carbocycles. The molecule has 0 bridgehead atoms. The molecule has 2 amide bonds. The van der Waals surface area contributed by atoms with Crippen molar-refractivity contribution >= 4 is 22.8 Å². The Hall–Kier alpha value is -3.22. The fraction of sp³-hybridized carbons (Fsp3) is 0.517. The summed E-state index contributed by atoms with van der Waals surface area (Å²) in [5.41, 5.74) is 2.39. The summed E-state index contributed by atoms with van der Waals surface area (Å²) in [7, 11) is 1.78. The van der Waals surface area contributed by atoms with Crippen molar-refractivity contribution < 1.29 is 9.59 Å². The molecule has 0 radical (unpaired) electrons. The zero-order chi connectivity index (χ0) is 24.9. The highest BCUT2D eigenvalue weighted by Gasteiger charge is 2.33. The van der Waals surface area contributed by atoms with Crippen LogP contribution in [0.1, 0.15) is 80.4 Å². The second kappa shape index (κ2) is 11.2. The molecule has 36 heavy (non-hydrogen) atoms. The van der Waals surface area contributed by atoms with E-state index in [1.54, 1.807) is 36.5 Å². The van der Waals surface area contributed by atoms with Crippen LogP contribution in [0.2, 0.25) is 0 Å². The van der Waals surface area contributed by atoms with Crippen molar-refractivity contribution in [2.75, 3.05) is 7.05 Å². The van der Waals surface area contributed by atoms with Crippen LogP contribution in [0.4, 0.5) is 0 Å². The van der Waals surface area contributed by atoms with Gasteiger partial charge in [-0.05, 0) is 49.9 Å². The van der Waals surface area contributed by atoms with Crippen molar-refractivity contribution in [2.24, 2.45) is 0 Å². The fourth-order valence-corrected chi connectivity index (χ4v) is 6.06. The van der Waals surface area contributed by atoms with Gasteiger partial charge in [-0.2, -0.15) is 0 Å². The summed E-state index contributed by atoms with van der Waals surface area (Å²) in [5.74, 6) is 0.844. The van der Waals surface area contributed by atoms with Gasteiger partial charge in [-0.1, -0.05) is 50.7 Å². The number of hydrogen-bond donors (Lipinski definition) is 0. The summed E-state index contributed by atoms with van der Waals surface area (Å²) in [6, 6.07) is 12.1. The molecule has 0 saturated heterocycles. The van der Waals surface area contributed by atoms with Crippen LogP contribution in [0.3, 0.4) is 0 Å². The van der Waals surface area contributed by atoms with Gasteiger partial charge in [0.05, 0.1) is 17.6 Å². The number of rotatable bonds is 7. The van der Waals surface area contributed by atoms with Crippen LogP contribution < -0.4 is 0 Å². The Labute approximate surface area is 213 Å². The van der Waals surface area contributed by atoms with Crippen LogP contribution in [0.5, 0.6) is 0 Å². The van der Waals surface area contributed by atoms with E-state index in [0.717, 1.165) is 42.5 Å². The Morgan fingerprint density at radius 1 is 0.889 bits per heavy atom. The lowest BCUT2D eigenvalue weighted by molar-refractivity contribution is -0.138. The number of hydrogen-bond acceptors (Lipinski definition) is 4. The lowest BCUT2D eigenvalue weighted by Gasteiger charge is -2.42. The number of amides is 2. The maximum Gasteiger partial charge on any atom is 0.254 e. The van der Waals surface area contributed by atoms with Gasteiger partial charge in [-0.25, -0.2) is 4.98 Å². The highest BCUT2D eigenvalue weighted by atomic mass is 16.2. The topological polar surface area (TPSA) is 71.3 Å². The summed E-state index contributed by atoms with van der Waals surface area (Å²) >= 11 is 0. The number of pyridine rings is 1. The minimum atomic E-state index is -0.0895. The Morgan fingerprint density at radius 2 is 1.50 bits per heavy atom. The number of nitrogens with zero attached hydrogens (tertiary/aromatic N) is 5. The number of imidazole rings is 1. The highest BCUT2D eigenvalue weighted by molar-refractivity contribution is 5.93. The molecule has 2 aliphatic carbocycles. The van der Waals surface area contributed by atoms with E-state index in [1.807, 2.05) is 28.8 Å². The van der Waals surface area contributed by atoms with E-state index in [0.29, 0.717) is 24.2 Å². The van der Waals surface area contributed by atoms with Gasteiger partial charge in [0.2, 0.25) is 5.91 Å². The van der Waals surface area contributed by atoms with E-state index in [9.17, 15) is 9.59 Å². The number of aromatic nitrogens is 3. The Morgan fingerprint density at radius 3 is 2.14 bits per heavy atom. The van der Waals surface area contributed by atoms with Crippen molar-refractivity contribution in [2.45, 2.75) is 89.4 Å². The molecule has 0 aliphatic heterocycles. The average Bonchev–Trinajstić information content (AvgIpc) is 3.26. The normalized spacial score (nSPS) is 17.2. The monoisotopic (exact) mass is 487 g/mol. The zero-order valence-corrected chi connectivity index (χ0v) is 21.3. The van der Waals surface area contributed by atoms with Crippen molar-refractivity contribution in [3.63, 3.8) is 0 Å². The molecule has 0 atom stereocenters. The predicted octanol–water partition coefficient (Wildman–Crippen LogP) is 5.20. The number of fused-ring (bicyclic) bond motifs is 1. The Bertz CT molecular complexity index is 1160. The molecule has 190 valence electrons. The molecule has 2 aromatic heterocycles. The van der Waals surface area contributed by atoms with Crippen LogP contribution in [0, 0.1) is 0 Å². The third-order valence-corrected chi connectivity index (χ3v) is 7.90. The van der Waals surface area contributed by atoms with Gasteiger partial charge in [0.25, 0.3) is 5.91 Å². The van der Waals surface area contributed by atoms with Crippen LogP contribution in [-0.4, -0.2) is 55.3 Å². The first-order chi connectivity index (χ1) is 17.6. The summed E-state index contributed by atoms with van der Waals surface area (Å²) in [6.07, 6.45) is 15.1. The lowest BCUT2D eigenvalue weighted by atomic mass is 9.88. The lowest BCUT2D eigenvalue weighted by Crippen LogP contribution is -2.50. The quantitative estimate of drug-likeness (QED) is 0.459.